The maximum absolute atomic E-state index is 5.90. The number of hydrogen-bond acceptors (Lipinski definition) is 3. The average molecular weight is 293 g/mol. The zero-order chi connectivity index (χ0) is 12.0. The molecule has 0 spiro atoms. The Labute approximate surface area is 108 Å². The summed E-state index contributed by atoms with van der Waals surface area (Å²) in [6.45, 7) is 2.06. The van der Waals surface area contributed by atoms with Gasteiger partial charge in [-0.15, -0.1) is 5.10 Å². The monoisotopic (exact) mass is 292 g/mol. The van der Waals surface area contributed by atoms with E-state index in [-0.39, 0.29) is 0 Å². The van der Waals surface area contributed by atoms with Gasteiger partial charge in [-0.1, -0.05) is 17.3 Å². The molecule has 0 saturated heterocycles. The summed E-state index contributed by atoms with van der Waals surface area (Å²) < 4.78 is 2.91. The first-order valence-corrected chi connectivity index (χ1v) is 6.44. The van der Waals surface area contributed by atoms with E-state index in [1.54, 1.807) is 0 Å². The Balaban J connectivity index is 2.18. The second-order valence-electron chi connectivity index (χ2n) is 4.45. The summed E-state index contributed by atoms with van der Waals surface area (Å²) in [5.74, 6) is 1.08. The standard InChI is InChI=1S/C12H13BrN4/c1-7-3-2-4-9(10(7)13)17-11(8-5-6-8)12(14)15-16-17/h2-4,8H,5-6,14H2,1H3. The van der Waals surface area contributed by atoms with Gasteiger partial charge in [0.05, 0.1) is 11.4 Å². The van der Waals surface area contributed by atoms with Crippen LogP contribution in [-0.2, 0) is 0 Å². The summed E-state index contributed by atoms with van der Waals surface area (Å²) in [5, 5.41) is 8.16. The minimum atomic E-state index is 0.525. The van der Waals surface area contributed by atoms with Crippen molar-refractivity contribution in [1.82, 2.24) is 15.0 Å². The lowest BCUT2D eigenvalue weighted by atomic mass is 10.2. The molecule has 4 nitrogen and oxygen atoms in total. The molecule has 1 aromatic heterocycles. The van der Waals surface area contributed by atoms with Crippen molar-refractivity contribution in [2.24, 2.45) is 0 Å². The molecular weight excluding hydrogens is 280 g/mol. The number of nitrogens with zero attached hydrogens (tertiary/aromatic N) is 3. The maximum atomic E-state index is 5.90. The van der Waals surface area contributed by atoms with E-state index in [2.05, 4.69) is 39.2 Å². The van der Waals surface area contributed by atoms with Gasteiger partial charge in [-0.2, -0.15) is 0 Å². The van der Waals surface area contributed by atoms with Crippen LogP contribution in [0.5, 0.6) is 0 Å². The number of nitrogens with two attached hydrogens (primary N) is 1. The minimum Gasteiger partial charge on any atom is -0.381 e. The summed E-state index contributed by atoms with van der Waals surface area (Å²) in [6.07, 6.45) is 2.36. The van der Waals surface area contributed by atoms with E-state index in [0.717, 1.165) is 15.9 Å². The number of aromatic nitrogens is 3. The second kappa shape index (κ2) is 3.84. The van der Waals surface area contributed by atoms with Gasteiger partial charge in [0.15, 0.2) is 5.82 Å². The van der Waals surface area contributed by atoms with Crippen LogP contribution >= 0.6 is 15.9 Å². The van der Waals surface area contributed by atoms with Crippen LogP contribution in [0.1, 0.15) is 30.0 Å². The fraction of sp³-hybridized carbons (Fsp3) is 0.333. The van der Waals surface area contributed by atoms with Gasteiger partial charge < -0.3 is 5.73 Å². The number of anilines is 1. The van der Waals surface area contributed by atoms with Gasteiger partial charge in [0.2, 0.25) is 0 Å². The third kappa shape index (κ3) is 1.74. The third-order valence-corrected chi connectivity index (χ3v) is 4.13. The van der Waals surface area contributed by atoms with Crippen LogP contribution in [0.2, 0.25) is 0 Å². The Hall–Kier alpha value is -1.36. The summed E-state index contributed by atoms with van der Waals surface area (Å²) in [6, 6.07) is 6.10. The van der Waals surface area contributed by atoms with Crippen LogP contribution < -0.4 is 5.73 Å². The lowest BCUT2D eigenvalue weighted by Gasteiger charge is -2.09. The predicted octanol–water partition coefficient (Wildman–Crippen LogP) is 2.80. The number of halogens is 1. The van der Waals surface area contributed by atoms with Crippen LogP contribution in [0.15, 0.2) is 22.7 Å². The lowest BCUT2D eigenvalue weighted by molar-refractivity contribution is 0.760. The van der Waals surface area contributed by atoms with Crippen molar-refractivity contribution >= 4 is 21.7 Å². The molecule has 1 aromatic carbocycles. The van der Waals surface area contributed by atoms with Crippen molar-refractivity contribution < 1.29 is 0 Å². The number of hydrogen-bond donors (Lipinski definition) is 1. The summed E-state index contributed by atoms with van der Waals surface area (Å²) in [5.41, 5.74) is 9.14. The number of nitrogen functional groups attached to an aromatic ring is 1. The molecule has 1 heterocycles. The van der Waals surface area contributed by atoms with Gasteiger partial charge in [-0.3, -0.25) is 0 Å². The van der Waals surface area contributed by atoms with Crippen molar-refractivity contribution in [3.8, 4) is 5.69 Å². The van der Waals surface area contributed by atoms with Crippen LogP contribution in [-0.4, -0.2) is 15.0 Å². The molecule has 88 valence electrons. The van der Waals surface area contributed by atoms with E-state index in [1.165, 1.54) is 18.4 Å². The van der Waals surface area contributed by atoms with Gasteiger partial charge in [-0.25, -0.2) is 4.68 Å². The Kier molecular flexibility index (Phi) is 2.43. The first kappa shape index (κ1) is 10.8. The Morgan fingerprint density at radius 2 is 2.18 bits per heavy atom. The maximum Gasteiger partial charge on any atom is 0.169 e. The summed E-state index contributed by atoms with van der Waals surface area (Å²) in [4.78, 5) is 0. The van der Waals surface area contributed by atoms with Gasteiger partial charge in [0, 0.05) is 10.4 Å². The van der Waals surface area contributed by atoms with Gasteiger partial charge in [0.25, 0.3) is 0 Å². The van der Waals surface area contributed by atoms with Crippen LogP contribution in [0.3, 0.4) is 0 Å². The highest BCUT2D eigenvalue weighted by Crippen LogP contribution is 2.43. The van der Waals surface area contributed by atoms with Crippen molar-refractivity contribution in [2.45, 2.75) is 25.7 Å². The first-order chi connectivity index (χ1) is 8.18. The highest BCUT2D eigenvalue weighted by molar-refractivity contribution is 9.10. The molecule has 1 saturated carbocycles. The van der Waals surface area contributed by atoms with Gasteiger partial charge in [-0.05, 0) is 47.3 Å². The normalized spacial score (nSPS) is 15.2. The number of benzene rings is 1. The summed E-state index contributed by atoms with van der Waals surface area (Å²) >= 11 is 3.60. The lowest BCUT2D eigenvalue weighted by Crippen LogP contribution is -2.04. The first-order valence-electron chi connectivity index (χ1n) is 5.65. The SMILES string of the molecule is Cc1cccc(-n2nnc(N)c2C2CC2)c1Br. The Morgan fingerprint density at radius 1 is 1.41 bits per heavy atom. The molecule has 5 heteroatoms. The van der Waals surface area contributed by atoms with Crippen LogP contribution in [0.4, 0.5) is 5.82 Å². The molecular formula is C12H13BrN4. The molecule has 2 N–H and O–H groups in total. The van der Waals surface area contributed by atoms with Crippen molar-refractivity contribution in [2.75, 3.05) is 5.73 Å². The molecule has 0 unspecified atom stereocenters. The number of rotatable bonds is 2. The zero-order valence-corrected chi connectivity index (χ0v) is 11.1. The molecule has 17 heavy (non-hydrogen) atoms. The quantitative estimate of drug-likeness (QED) is 0.926. The highest BCUT2D eigenvalue weighted by Gasteiger charge is 2.31. The molecule has 1 aliphatic rings. The van der Waals surface area contributed by atoms with E-state index in [1.807, 2.05) is 16.8 Å². The van der Waals surface area contributed by atoms with Crippen molar-refractivity contribution in [1.29, 1.82) is 0 Å². The smallest absolute Gasteiger partial charge is 0.169 e. The molecule has 0 bridgehead atoms. The van der Waals surface area contributed by atoms with Gasteiger partial charge in [0.1, 0.15) is 0 Å². The third-order valence-electron chi connectivity index (χ3n) is 3.10. The molecule has 0 atom stereocenters. The molecule has 0 amide bonds. The van der Waals surface area contributed by atoms with E-state index in [4.69, 9.17) is 5.73 Å². The molecule has 0 radical (unpaired) electrons. The molecule has 3 rings (SSSR count). The fourth-order valence-electron chi connectivity index (χ4n) is 2.01. The minimum absolute atomic E-state index is 0.525. The van der Waals surface area contributed by atoms with Crippen molar-refractivity contribution in [3.63, 3.8) is 0 Å². The summed E-state index contributed by atoms with van der Waals surface area (Å²) in [7, 11) is 0. The van der Waals surface area contributed by atoms with Crippen LogP contribution in [0, 0.1) is 6.92 Å². The average Bonchev–Trinajstić information content (AvgIpc) is 3.07. The molecule has 1 fully saturated rings. The van der Waals surface area contributed by atoms with Crippen LogP contribution in [0.25, 0.3) is 5.69 Å². The predicted molar refractivity (Wildman–Crippen MR) is 70.2 cm³/mol. The topological polar surface area (TPSA) is 56.7 Å². The van der Waals surface area contributed by atoms with E-state index in [0.29, 0.717) is 11.7 Å². The molecule has 1 aliphatic carbocycles. The second-order valence-corrected chi connectivity index (χ2v) is 5.25. The molecule has 2 aromatic rings. The zero-order valence-electron chi connectivity index (χ0n) is 9.52. The Morgan fingerprint density at radius 3 is 2.88 bits per heavy atom. The fourth-order valence-corrected chi connectivity index (χ4v) is 2.45. The van der Waals surface area contributed by atoms with E-state index >= 15 is 0 Å². The van der Waals surface area contributed by atoms with Gasteiger partial charge >= 0.3 is 0 Å². The van der Waals surface area contributed by atoms with E-state index < -0.39 is 0 Å². The van der Waals surface area contributed by atoms with Crippen molar-refractivity contribution in [3.05, 3.63) is 33.9 Å². The Bertz CT molecular complexity index is 572. The number of aryl methyl sites for hydroxylation is 1. The largest absolute Gasteiger partial charge is 0.381 e. The molecule has 0 aliphatic heterocycles. The highest BCUT2D eigenvalue weighted by atomic mass is 79.9. The van der Waals surface area contributed by atoms with E-state index in [9.17, 15) is 0 Å².